The van der Waals surface area contributed by atoms with Gasteiger partial charge in [0.1, 0.15) is 24.4 Å². The van der Waals surface area contributed by atoms with Gasteiger partial charge in [0.25, 0.3) is 0 Å². The summed E-state index contributed by atoms with van der Waals surface area (Å²) < 4.78 is 29.0. The summed E-state index contributed by atoms with van der Waals surface area (Å²) in [4.78, 5) is 0. The monoisotopic (exact) mass is 478 g/mol. The molecule has 11 heteroatoms. The zero-order valence-corrected chi connectivity index (χ0v) is 19.1. The van der Waals surface area contributed by atoms with Gasteiger partial charge in [-0.2, -0.15) is 0 Å². The van der Waals surface area contributed by atoms with E-state index in [1.165, 1.54) is 14.2 Å². The zero-order chi connectivity index (χ0) is 23.9. The van der Waals surface area contributed by atoms with Crippen molar-refractivity contribution in [3.05, 3.63) is 0 Å². The van der Waals surface area contributed by atoms with E-state index in [0.717, 1.165) is 0 Å². The Morgan fingerprint density at radius 3 is 2.00 bits per heavy atom. The highest BCUT2D eigenvalue weighted by atomic mass is 16.7. The summed E-state index contributed by atoms with van der Waals surface area (Å²) in [5.41, 5.74) is 0. The van der Waals surface area contributed by atoms with E-state index in [0.29, 0.717) is 25.7 Å². The molecule has 2 heterocycles. The first-order valence-electron chi connectivity index (χ1n) is 11.8. The van der Waals surface area contributed by atoms with Gasteiger partial charge in [0.05, 0.1) is 49.3 Å². The lowest BCUT2D eigenvalue weighted by Crippen LogP contribution is -2.60. The fraction of sp³-hybridized carbons (Fsp3) is 1.00. The summed E-state index contributed by atoms with van der Waals surface area (Å²) in [6.07, 6.45) is -7.83. The summed E-state index contributed by atoms with van der Waals surface area (Å²) in [7, 11) is 3.06. The average Bonchev–Trinajstić information content (AvgIpc) is 2.79. The number of fused-ring (bicyclic) bond motifs is 1. The van der Waals surface area contributed by atoms with Crippen LogP contribution in [0.3, 0.4) is 0 Å². The molecule has 0 aromatic heterocycles. The molecular weight excluding hydrogens is 440 g/mol. The van der Waals surface area contributed by atoms with Gasteiger partial charge in [-0.1, -0.05) is 0 Å². The maximum Gasteiger partial charge on any atom is 0.186 e. The number of hydrogen-bond acceptors (Lipinski definition) is 11. The number of rotatable bonds is 5. The van der Waals surface area contributed by atoms with Crippen molar-refractivity contribution < 1.29 is 54.3 Å². The smallest absolute Gasteiger partial charge is 0.186 e. The van der Waals surface area contributed by atoms with Crippen molar-refractivity contribution in [2.45, 2.75) is 106 Å². The fourth-order valence-corrected chi connectivity index (χ4v) is 5.97. The van der Waals surface area contributed by atoms with E-state index in [2.05, 4.69) is 0 Å². The molecule has 0 aromatic carbocycles. The van der Waals surface area contributed by atoms with E-state index < -0.39 is 67.3 Å². The Hall–Kier alpha value is -0.440. The summed E-state index contributed by atoms with van der Waals surface area (Å²) in [6, 6.07) is 0. The lowest BCUT2D eigenvalue weighted by molar-refractivity contribution is -0.314. The lowest BCUT2D eigenvalue weighted by atomic mass is 9.72. The van der Waals surface area contributed by atoms with Crippen molar-refractivity contribution in [1.29, 1.82) is 0 Å². The van der Waals surface area contributed by atoms with Gasteiger partial charge in [-0.05, 0) is 38.0 Å². The highest BCUT2D eigenvalue weighted by Gasteiger charge is 2.52. The molecule has 4 rings (SSSR count). The first-order valence-corrected chi connectivity index (χ1v) is 11.8. The molecule has 12 atom stereocenters. The van der Waals surface area contributed by atoms with Crippen molar-refractivity contribution >= 4 is 0 Å². The largest absolute Gasteiger partial charge is 0.393 e. The first-order chi connectivity index (χ1) is 15.7. The molecule has 2 saturated carbocycles. The molecule has 4 fully saturated rings. The van der Waals surface area contributed by atoms with Crippen LogP contribution in [0.4, 0.5) is 0 Å². The molecule has 0 bridgehead atoms. The predicted octanol–water partition coefficient (Wildman–Crippen LogP) is -2.10. The van der Waals surface area contributed by atoms with Crippen molar-refractivity contribution in [1.82, 2.24) is 0 Å². The maximum atomic E-state index is 10.6. The third-order valence-corrected chi connectivity index (χ3v) is 7.86. The molecule has 0 amide bonds. The molecule has 0 spiro atoms. The second-order valence-corrected chi connectivity index (χ2v) is 9.93. The number of hydrogen-bond donors (Lipinski definition) is 6. The Balaban J connectivity index is 1.56. The Morgan fingerprint density at radius 2 is 1.36 bits per heavy atom. The van der Waals surface area contributed by atoms with Gasteiger partial charge in [0, 0.05) is 20.1 Å². The van der Waals surface area contributed by atoms with Crippen molar-refractivity contribution in [3.63, 3.8) is 0 Å². The number of aliphatic hydroxyl groups is 6. The zero-order valence-electron chi connectivity index (χ0n) is 19.1. The van der Waals surface area contributed by atoms with Crippen LogP contribution < -0.4 is 0 Å². The van der Waals surface area contributed by atoms with Gasteiger partial charge >= 0.3 is 0 Å². The molecule has 0 aromatic rings. The summed E-state index contributed by atoms with van der Waals surface area (Å²) in [6.45, 7) is -0.185. The second-order valence-electron chi connectivity index (χ2n) is 9.93. The van der Waals surface area contributed by atoms with Gasteiger partial charge in [0.2, 0.25) is 0 Å². The number of aliphatic hydroxyl groups excluding tert-OH is 6. The summed E-state index contributed by atoms with van der Waals surface area (Å²) in [5.74, 6) is -0.404. The topological polar surface area (TPSA) is 168 Å². The van der Waals surface area contributed by atoms with E-state index in [9.17, 15) is 30.6 Å². The van der Waals surface area contributed by atoms with Crippen LogP contribution in [-0.2, 0) is 23.7 Å². The normalized spacial score (nSPS) is 53.5. The molecule has 12 unspecified atom stereocenters. The van der Waals surface area contributed by atoms with Gasteiger partial charge in [0.15, 0.2) is 6.29 Å². The minimum Gasteiger partial charge on any atom is -0.393 e. The number of ether oxygens (including phenoxy) is 5. The summed E-state index contributed by atoms with van der Waals surface area (Å²) >= 11 is 0. The van der Waals surface area contributed by atoms with Crippen molar-refractivity contribution in [3.8, 4) is 0 Å². The molecular formula is C22H38O11. The molecule has 4 aliphatic rings. The molecule has 2 saturated heterocycles. The molecule has 33 heavy (non-hydrogen) atoms. The second kappa shape index (κ2) is 10.7. The molecule has 2 aliphatic carbocycles. The van der Waals surface area contributed by atoms with E-state index >= 15 is 0 Å². The Bertz CT molecular complexity index is 623. The van der Waals surface area contributed by atoms with Gasteiger partial charge in [-0.25, -0.2) is 0 Å². The van der Waals surface area contributed by atoms with Crippen LogP contribution in [0.15, 0.2) is 0 Å². The third kappa shape index (κ3) is 5.24. The predicted molar refractivity (Wildman–Crippen MR) is 111 cm³/mol. The van der Waals surface area contributed by atoms with Crippen molar-refractivity contribution in [2.75, 3.05) is 20.8 Å². The van der Waals surface area contributed by atoms with Crippen LogP contribution in [0, 0.1) is 11.8 Å². The van der Waals surface area contributed by atoms with Crippen LogP contribution in [-0.4, -0.2) is 125 Å². The third-order valence-electron chi connectivity index (χ3n) is 7.86. The lowest BCUT2D eigenvalue weighted by Gasteiger charge is -2.51. The van der Waals surface area contributed by atoms with Crippen LogP contribution in [0.25, 0.3) is 0 Å². The quantitative estimate of drug-likeness (QED) is 0.256. The van der Waals surface area contributed by atoms with Crippen LogP contribution in [0.1, 0.15) is 32.1 Å². The molecule has 192 valence electrons. The van der Waals surface area contributed by atoms with E-state index in [1.54, 1.807) is 0 Å². The maximum absolute atomic E-state index is 10.6. The van der Waals surface area contributed by atoms with E-state index in [1.807, 2.05) is 0 Å². The van der Waals surface area contributed by atoms with E-state index in [4.69, 9.17) is 23.7 Å². The Morgan fingerprint density at radius 1 is 0.697 bits per heavy atom. The van der Waals surface area contributed by atoms with Crippen LogP contribution in [0.2, 0.25) is 0 Å². The standard InChI is InChI=1S/C22H38O11/c1-29-15-3-9(4-16(30-2)19(15)27)21-17(33-22-20(28)18(26)13(25)8-31-22)7-11-12(24)5-10(23)6-14(11)32-21/h9-28H,3-8H2,1-2H3. The van der Waals surface area contributed by atoms with Crippen LogP contribution >= 0.6 is 0 Å². The first kappa shape index (κ1) is 25.6. The molecule has 6 N–H and O–H groups in total. The molecule has 0 radical (unpaired) electrons. The van der Waals surface area contributed by atoms with Crippen LogP contribution in [0.5, 0.6) is 0 Å². The SMILES string of the molecule is COC1CC(C2OC3CC(O)CC(O)C3CC2OC2OCC(O)C(O)C2O)CC(OC)C1O. The number of methoxy groups -OCH3 is 2. The Labute approximate surface area is 193 Å². The Kier molecular flexibility index (Phi) is 8.29. The molecule has 2 aliphatic heterocycles. The highest BCUT2D eigenvalue weighted by molar-refractivity contribution is 5.00. The van der Waals surface area contributed by atoms with Gasteiger partial charge < -0.3 is 54.3 Å². The minimum absolute atomic E-state index is 0.137. The average molecular weight is 479 g/mol. The minimum atomic E-state index is -1.45. The van der Waals surface area contributed by atoms with Gasteiger partial charge in [-0.15, -0.1) is 0 Å². The van der Waals surface area contributed by atoms with E-state index in [-0.39, 0.29) is 31.0 Å². The highest BCUT2D eigenvalue weighted by Crippen LogP contribution is 2.43. The van der Waals surface area contributed by atoms with Gasteiger partial charge in [-0.3, -0.25) is 0 Å². The molecule has 11 nitrogen and oxygen atoms in total. The fourth-order valence-electron chi connectivity index (χ4n) is 5.97. The summed E-state index contributed by atoms with van der Waals surface area (Å²) in [5, 5.41) is 61.5. The van der Waals surface area contributed by atoms with Crippen molar-refractivity contribution in [2.24, 2.45) is 11.8 Å².